The van der Waals surface area contributed by atoms with E-state index in [-0.39, 0.29) is 19.4 Å². The second kappa shape index (κ2) is 38.7. The monoisotopic (exact) mass is 775 g/mol. The van der Waals surface area contributed by atoms with Crippen LogP contribution in [0.25, 0.3) is 0 Å². The first-order valence-electron chi connectivity index (χ1n) is 21.3. The number of aliphatic hydroxyl groups is 2. The summed E-state index contributed by atoms with van der Waals surface area (Å²) in [4.78, 5) is 34.9. The van der Waals surface area contributed by atoms with Crippen molar-refractivity contribution in [1.82, 2.24) is 0 Å². The number of allylic oxidation sites excluding steroid dienone is 3. The van der Waals surface area contributed by atoms with Crippen LogP contribution in [0.4, 0.5) is 0 Å². The van der Waals surface area contributed by atoms with Crippen LogP contribution in [0.2, 0.25) is 0 Å². The van der Waals surface area contributed by atoms with Gasteiger partial charge in [-0.15, -0.1) is 6.58 Å². The molecule has 0 aliphatic carbocycles. The molecule has 1 unspecified atom stereocenters. The lowest BCUT2D eigenvalue weighted by Crippen LogP contribution is -2.29. The van der Waals surface area contributed by atoms with E-state index in [1.165, 1.54) is 109 Å². The van der Waals surface area contributed by atoms with E-state index in [1.54, 1.807) is 0 Å². The number of rotatable bonds is 41. The highest BCUT2D eigenvalue weighted by Gasteiger charge is 2.27. The summed E-state index contributed by atoms with van der Waals surface area (Å²) >= 11 is 0. The first kappa shape index (κ1) is 51.5. The summed E-state index contributed by atoms with van der Waals surface area (Å²) in [6, 6.07) is 0. The standard InChI is InChI=1S/C42H79O10P/c1-3-5-7-9-11-13-15-17-19-21-23-25-27-29-31-33-41(45)49-37-40(38-51-53(47,48)50-36-39(44)35-43)52-42(46)34-32-30-28-26-24-22-20-18-16-14-12-10-8-6-4-2/h3,22,24,39-40,43-44H,1,4-21,23,25-38H2,2H3,(H,47,48)/b24-22+/t39-,40+/m0/s1. The van der Waals surface area contributed by atoms with Gasteiger partial charge in [0.05, 0.1) is 19.8 Å². The van der Waals surface area contributed by atoms with Crippen molar-refractivity contribution in [2.75, 3.05) is 26.4 Å². The second-order valence-corrected chi connectivity index (χ2v) is 15.9. The highest BCUT2D eigenvalue weighted by molar-refractivity contribution is 7.47. The normalized spacial score (nSPS) is 13.9. The quantitative estimate of drug-likeness (QED) is 0.0237. The summed E-state index contributed by atoms with van der Waals surface area (Å²) in [5.74, 6) is -0.941. The molecule has 3 N–H and O–H groups in total. The van der Waals surface area contributed by atoms with Crippen LogP contribution in [0.5, 0.6) is 0 Å². The first-order chi connectivity index (χ1) is 25.7. The van der Waals surface area contributed by atoms with Gasteiger partial charge in [-0.25, -0.2) is 4.57 Å². The van der Waals surface area contributed by atoms with Crippen LogP contribution in [-0.4, -0.2) is 65.7 Å². The number of phosphoric acid groups is 1. The smallest absolute Gasteiger partial charge is 0.462 e. The molecule has 0 fully saturated rings. The van der Waals surface area contributed by atoms with Crippen molar-refractivity contribution < 1.29 is 47.8 Å². The summed E-state index contributed by atoms with van der Waals surface area (Å²) in [5.41, 5.74) is 0. The Morgan fingerprint density at radius 1 is 0.604 bits per heavy atom. The largest absolute Gasteiger partial charge is 0.472 e. The predicted octanol–water partition coefficient (Wildman–Crippen LogP) is 11.0. The minimum absolute atomic E-state index is 0.165. The zero-order chi connectivity index (χ0) is 39.1. The van der Waals surface area contributed by atoms with Crippen molar-refractivity contribution in [2.45, 2.75) is 205 Å². The fourth-order valence-electron chi connectivity index (χ4n) is 5.91. The molecule has 0 aliphatic rings. The molecule has 0 amide bonds. The van der Waals surface area contributed by atoms with Crippen molar-refractivity contribution in [3.8, 4) is 0 Å². The number of aliphatic hydroxyl groups excluding tert-OH is 2. The summed E-state index contributed by atoms with van der Waals surface area (Å²) in [6.07, 6.45) is 36.1. The third-order valence-corrected chi connectivity index (χ3v) is 10.2. The summed E-state index contributed by atoms with van der Waals surface area (Å²) in [5, 5.41) is 18.3. The van der Waals surface area contributed by atoms with Crippen LogP contribution < -0.4 is 0 Å². The van der Waals surface area contributed by atoms with E-state index < -0.39 is 51.8 Å². The molecule has 3 atom stereocenters. The lowest BCUT2D eigenvalue weighted by molar-refractivity contribution is -0.161. The van der Waals surface area contributed by atoms with Crippen molar-refractivity contribution >= 4 is 19.8 Å². The molecule has 0 aromatic carbocycles. The molecule has 0 aromatic heterocycles. The lowest BCUT2D eigenvalue weighted by Gasteiger charge is -2.20. The van der Waals surface area contributed by atoms with Gasteiger partial charge in [0.25, 0.3) is 0 Å². The highest BCUT2D eigenvalue weighted by atomic mass is 31.2. The van der Waals surface area contributed by atoms with E-state index in [4.69, 9.17) is 19.1 Å². The van der Waals surface area contributed by atoms with Gasteiger partial charge in [0.2, 0.25) is 0 Å². The van der Waals surface area contributed by atoms with Gasteiger partial charge < -0.3 is 24.6 Å². The number of hydrogen-bond donors (Lipinski definition) is 3. The van der Waals surface area contributed by atoms with E-state index in [1.807, 2.05) is 6.08 Å². The fourth-order valence-corrected chi connectivity index (χ4v) is 6.70. The molecular formula is C42H79O10P. The fraction of sp³-hybridized carbons (Fsp3) is 0.857. The van der Waals surface area contributed by atoms with Crippen molar-refractivity contribution in [2.24, 2.45) is 0 Å². The Balaban J connectivity index is 4.30. The topological polar surface area (TPSA) is 149 Å². The predicted molar refractivity (Wildman–Crippen MR) is 215 cm³/mol. The highest BCUT2D eigenvalue weighted by Crippen LogP contribution is 2.43. The Morgan fingerprint density at radius 2 is 1.02 bits per heavy atom. The second-order valence-electron chi connectivity index (χ2n) is 14.4. The maximum atomic E-state index is 12.6. The van der Waals surface area contributed by atoms with Crippen LogP contribution in [0.1, 0.15) is 193 Å². The minimum Gasteiger partial charge on any atom is -0.462 e. The van der Waals surface area contributed by atoms with Crippen molar-refractivity contribution in [1.29, 1.82) is 0 Å². The van der Waals surface area contributed by atoms with Crippen LogP contribution >= 0.6 is 7.82 Å². The molecule has 0 heterocycles. The van der Waals surface area contributed by atoms with Gasteiger partial charge in [-0.2, -0.15) is 0 Å². The van der Waals surface area contributed by atoms with Crippen LogP contribution in [-0.2, 0) is 32.7 Å². The Bertz CT molecular complexity index is 928. The number of esters is 2. The molecule has 11 heteroatoms. The molecule has 0 saturated heterocycles. The molecule has 0 aromatic rings. The third kappa shape index (κ3) is 38.5. The Kier molecular flexibility index (Phi) is 37.6. The van der Waals surface area contributed by atoms with Gasteiger partial charge >= 0.3 is 19.8 Å². The Morgan fingerprint density at radius 3 is 1.51 bits per heavy atom. The Hall–Kier alpha value is -1.55. The van der Waals surface area contributed by atoms with Crippen molar-refractivity contribution in [3.05, 3.63) is 24.8 Å². The molecule has 10 nitrogen and oxygen atoms in total. The maximum absolute atomic E-state index is 12.6. The molecule has 0 radical (unpaired) electrons. The average Bonchev–Trinajstić information content (AvgIpc) is 3.14. The number of ether oxygens (including phenoxy) is 2. The molecular weight excluding hydrogens is 695 g/mol. The molecule has 53 heavy (non-hydrogen) atoms. The number of unbranched alkanes of at least 4 members (excludes halogenated alkanes) is 24. The number of carbonyl (C=O) groups excluding carboxylic acids is 2. The van der Waals surface area contributed by atoms with E-state index in [0.29, 0.717) is 12.8 Å². The molecule has 0 rings (SSSR count). The molecule has 0 saturated carbocycles. The van der Waals surface area contributed by atoms with Crippen LogP contribution in [0.3, 0.4) is 0 Å². The Labute approximate surface area is 323 Å². The SMILES string of the molecule is C=CCCCCCCCCCCCCCCCC(=O)OC[C@H](COP(=O)(O)OC[C@@H](O)CO)OC(=O)CCCCC/C=C/CCCCCCCCCC. The van der Waals surface area contributed by atoms with E-state index >= 15 is 0 Å². The first-order valence-corrected chi connectivity index (χ1v) is 22.7. The summed E-state index contributed by atoms with van der Waals surface area (Å²) in [7, 11) is -4.62. The van der Waals surface area contributed by atoms with E-state index in [2.05, 4.69) is 30.2 Å². The lowest BCUT2D eigenvalue weighted by atomic mass is 10.0. The van der Waals surface area contributed by atoms with Gasteiger partial charge in [0.1, 0.15) is 12.7 Å². The van der Waals surface area contributed by atoms with Crippen LogP contribution in [0, 0.1) is 0 Å². The average molecular weight is 775 g/mol. The van der Waals surface area contributed by atoms with E-state index in [9.17, 15) is 24.2 Å². The van der Waals surface area contributed by atoms with Crippen LogP contribution in [0.15, 0.2) is 24.8 Å². The molecule has 0 spiro atoms. The summed E-state index contributed by atoms with van der Waals surface area (Å²) < 4.78 is 32.7. The molecule has 0 aliphatic heterocycles. The van der Waals surface area contributed by atoms with Gasteiger partial charge in [0, 0.05) is 12.8 Å². The number of hydrogen-bond acceptors (Lipinski definition) is 9. The van der Waals surface area contributed by atoms with E-state index in [0.717, 1.165) is 51.4 Å². The minimum atomic E-state index is -4.62. The zero-order valence-corrected chi connectivity index (χ0v) is 34.5. The van der Waals surface area contributed by atoms with Gasteiger partial charge in [-0.3, -0.25) is 18.6 Å². The van der Waals surface area contributed by atoms with Crippen molar-refractivity contribution in [3.63, 3.8) is 0 Å². The maximum Gasteiger partial charge on any atom is 0.472 e. The van der Waals surface area contributed by atoms with Gasteiger partial charge in [-0.1, -0.05) is 147 Å². The number of phosphoric ester groups is 1. The number of carbonyl (C=O) groups is 2. The van der Waals surface area contributed by atoms with Gasteiger partial charge in [-0.05, 0) is 51.4 Å². The molecule has 312 valence electrons. The third-order valence-electron chi connectivity index (χ3n) is 9.22. The zero-order valence-electron chi connectivity index (χ0n) is 33.6. The molecule has 0 bridgehead atoms. The van der Waals surface area contributed by atoms with Gasteiger partial charge in [0.15, 0.2) is 6.10 Å². The summed E-state index contributed by atoms with van der Waals surface area (Å²) in [6.45, 7) is 3.89.